The van der Waals surface area contributed by atoms with E-state index >= 15 is 0 Å². The maximum Gasteiger partial charge on any atom is 0.229 e. The minimum atomic E-state index is 0.161. The van der Waals surface area contributed by atoms with Crippen molar-refractivity contribution in [3.63, 3.8) is 0 Å². The molecule has 1 atom stereocenters. The Bertz CT molecular complexity index is 714. The molecule has 3 rings (SSSR count). The van der Waals surface area contributed by atoms with Crippen molar-refractivity contribution in [2.75, 3.05) is 23.4 Å². The standard InChI is InChI=1S/C20H24N2O2/c1-3-24-19-11-7-5-9-17(19)21-13-12-20(23)22-15(2)14-16-8-4-6-10-18(16)22/h4-11,15,21H,3,12-14H2,1-2H3. The number of hydrogen-bond donors (Lipinski definition) is 1. The molecule has 0 saturated heterocycles. The van der Waals surface area contributed by atoms with Crippen molar-refractivity contribution in [2.45, 2.75) is 32.7 Å². The van der Waals surface area contributed by atoms with Crippen LogP contribution in [0, 0.1) is 0 Å². The number of hydrogen-bond acceptors (Lipinski definition) is 3. The molecule has 0 bridgehead atoms. The Kier molecular flexibility index (Phi) is 5.04. The first-order valence-electron chi connectivity index (χ1n) is 8.56. The van der Waals surface area contributed by atoms with Crippen molar-refractivity contribution in [3.8, 4) is 5.75 Å². The Morgan fingerprint density at radius 2 is 1.96 bits per heavy atom. The van der Waals surface area contributed by atoms with Gasteiger partial charge in [0.2, 0.25) is 5.91 Å². The van der Waals surface area contributed by atoms with E-state index in [0.717, 1.165) is 23.5 Å². The molecule has 24 heavy (non-hydrogen) atoms. The number of benzene rings is 2. The van der Waals surface area contributed by atoms with Gasteiger partial charge in [-0.05, 0) is 44.0 Å². The van der Waals surface area contributed by atoms with Crippen molar-refractivity contribution < 1.29 is 9.53 Å². The lowest BCUT2D eigenvalue weighted by Crippen LogP contribution is -2.36. The molecule has 1 aliphatic rings. The molecule has 126 valence electrons. The fraction of sp³-hybridized carbons (Fsp3) is 0.350. The van der Waals surface area contributed by atoms with E-state index in [9.17, 15) is 4.79 Å². The first kappa shape index (κ1) is 16.4. The molecule has 1 unspecified atom stereocenters. The van der Waals surface area contributed by atoms with Crippen molar-refractivity contribution in [1.82, 2.24) is 0 Å². The number of ether oxygens (including phenoxy) is 1. The Morgan fingerprint density at radius 1 is 1.21 bits per heavy atom. The molecule has 0 aromatic heterocycles. The van der Waals surface area contributed by atoms with Crippen LogP contribution in [-0.4, -0.2) is 25.1 Å². The molecule has 0 radical (unpaired) electrons. The highest BCUT2D eigenvalue weighted by Crippen LogP contribution is 2.32. The summed E-state index contributed by atoms with van der Waals surface area (Å²) in [7, 11) is 0. The van der Waals surface area contributed by atoms with E-state index in [2.05, 4.69) is 18.3 Å². The number of carbonyl (C=O) groups is 1. The van der Waals surface area contributed by atoms with E-state index in [1.54, 1.807) is 0 Å². The zero-order chi connectivity index (χ0) is 16.9. The highest BCUT2D eigenvalue weighted by Gasteiger charge is 2.29. The summed E-state index contributed by atoms with van der Waals surface area (Å²) in [6, 6.07) is 16.2. The molecule has 1 amide bonds. The molecular weight excluding hydrogens is 300 g/mol. The van der Waals surface area contributed by atoms with E-state index in [-0.39, 0.29) is 11.9 Å². The van der Waals surface area contributed by atoms with Crippen LogP contribution < -0.4 is 15.0 Å². The Labute approximate surface area is 143 Å². The maximum absolute atomic E-state index is 12.7. The van der Waals surface area contributed by atoms with E-state index in [0.29, 0.717) is 19.6 Å². The largest absolute Gasteiger partial charge is 0.492 e. The molecular formula is C20H24N2O2. The molecule has 4 heteroatoms. The van der Waals surface area contributed by atoms with Gasteiger partial charge in [0.15, 0.2) is 0 Å². The summed E-state index contributed by atoms with van der Waals surface area (Å²) in [6.07, 6.45) is 1.39. The van der Waals surface area contributed by atoms with E-state index < -0.39 is 0 Å². The molecule has 1 N–H and O–H groups in total. The van der Waals surface area contributed by atoms with Gasteiger partial charge in [-0.2, -0.15) is 0 Å². The van der Waals surface area contributed by atoms with Crippen molar-refractivity contribution >= 4 is 17.3 Å². The number of amides is 1. The lowest BCUT2D eigenvalue weighted by molar-refractivity contribution is -0.118. The Balaban J connectivity index is 1.61. The van der Waals surface area contributed by atoms with Gasteiger partial charge in [-0.15, -0.1) is 0 Å². The third-order valence-electron chi connectivity index (χ3n) is 4.32. The predicted molar refractivity (Wildman–Crippen MR) is 97.8 cm³/mol. The van der Waals surface area contributed by atoms with Crippen LogP contribution in [0.25, 0.3) is 0 Å². The maximum atomic E-state index is 12.7. The molecule has 0 saturated carbocycles. The molecule has 1 aliphatic heterocycles. The van der Waals surface area contributed by atoms with Crippen molar-refractivity contribution in [3.05, 3.63) is 54.1 Å². The second kappa shape index (κ2) is 7.39. The summed E-state index contributed by atoms with van der Waals surface area (Å²) in [5.41, 5.74) is 3.25. The van der Waals surface area contributed by atoms with Crippen LogP contribution in [0.2, 0.25) is 0 Å². The fourth-order valence-electron chi connectivity index (χ4n) is 3.26. The number of rotatable bonds is 6. The molecule has 2 aromatic carbocycles. The quantitative estimate of drug-likeness (QED) is 0.877. The number of nitrogens with zero attached hydrogens (tertiary/aromatic N) is 1. The van der Waals surface area contributed by atoms with Gasteiger partial charge in [-0.3, -0.25) is 4.79 Å². The van der Waals surface area contributed by atoms with Gasteiger partial charge in [0.05, 0.1) is 12.3 Å². The minimum Gasteiger partial charge on any atom is -0.492 e. The summed E-state index contributed by atoms with van der Waals surface area (Å²) in [5.74, 6) is 0.987. The third-order valence-corrected chi connectivity index (χ3v) is 4.32. The normalized spacial score (nSPS) is 15.9. The summed E-state index contributed by atoms with van der Waals surface area (Å²) in [5, 5.41) is 3.32. The van der Waals surface area contributed by atoms with E-state index in [1.807, 2.05) is 54.3 Å². The van der Waals surface area contributed by atoms with Crippen molar-refractivity contribution in [1.29, 1.82) is 0 Å². The fourth-order valence-corrected chi connectivity index (χ4v) is 3.26. The number of fused-ring (bicyclic) bond motifs is 1. The van der Waals surface area contributed by atoms with Gasteiger partial charge in [0.1, 0.15) is 5.75 Å². The van der Waals surface area contributed by atoms with Crippen LogP contribution in [0.3, 0.4) is 0 Å². The second-order valence-electron chi connectivity index (χ2n) is 6.05. The van der Waals surface area contributed by atoms with Crippen LogP contribution >= 0.6 is 0 Å². The first-order chi connectivity index (χ1) is 11.7. The molecule has 0 spiro atoms. The van der Waals surface area contributed by atoms with Gasteiger partial charge in [-0.25, -0.2) is 0 Å². The summed E-state index contributed by atoms with van der Waals surface area (Å²) in [6.45, 7) is 5.29. The molecule has 1 heterocycles. The van der Waals surface area contributed by atoms with Crippen LogP contribution in [-0.2, 0) is 11.2 Å². The molecule has 0 aliphatic carbocycles. The second-order valence-corrected chi connectivity index (χ2v) is 6.05. The molecule has 2 aromatic rings. The highest BCUT2D eigenvalue weighted by molar-refractivity contribution is 5.96. The highest BCUT2D eigenvalue weighted by atomic mass is 16.5. The van der Waals surface area contributed by atoms with Gasteiger partial charge in [-0.1, -0.05) is 30.3 Å². The van der Waals surface area contributed by atoms with Crippen molar-refractivity contribution in [2.24, 2.45) is 0 Å². The molecule has 0 fully saturated rings. The zero-order valence-electron chi connectivity index (χ0n) is 14.3. The lowest BCUT2D eigenvalue weighted by Gasteiger charge is -2.23. The molecule has 4 nitrogen and oxygen atoms in total. The zero-order valence-corrected chi connectivity index (χ0v) is 14.3. The number of anilines is 2. The smallest absolute Gasteiger partial charge is 0.229 e. The SMILES string of the molecule is CCOc1ccccc1NCCC(=O)N1c2ccccc2CC1C. The van der Waals surface area contributed by atoms with Crippen LogP contribution in [0.1, 0.15) is 25.8 Å². The predicted octanol–water partition coefficient (Wildman–Crippen LogP) is 3.87. The van der Waals surface area contributed by atoms with Gasteiger partial charge >= 0.3 is 0 Å². The summed E-state index contributed by atoms with van der Waals surface area (Å²) in [4.78, 5) is 14.6. The van der Waals surface area contributed by atoms with Crippen LogP contribution in [0.15, 0.2) is 48.5 Å². The Hall–Kier alpha value is -2.49. The minimum absolute atomic E-state index is 0.161. The van der Waals surface area contributed by atoms with E-state index in [1.165, 1.54) is 5.56 Å². The first-order valence-corrected chi connectivity index (χ1v) is 8.56. The van der Waals surface area contributed by atoms with Gasteiger partial charge in [0, 0.05) is 24.7 Å². The topological polar surface area (TPSA) is 41.6 Å². The lowest BCUT2D eigenvalue weighted by atomic mass is 10.1. The monoisotopic (exact) mass is 324 g/mol. The van der Waals surface area contributed by atoms with Crippen LogP contribution in [0.5, 0.6) is 5.75 Å². The number of para-hydroxylation sites is 3. The van der Waals surface area contributed by atoms with Crippen LogP contribution in [0.4, 0.5) is 11.4 Å². The average Bonchev–Trinajstić information content (AvgIpc) is 2.92. The summed E-state index contributed by atoms with van der Waals surface area (Å²) >= 11 is 0. The van der Waals surface area contributed by atoms with Gasteiger partial charge in [0.25, 0.3) is 0 Å². The number of carbonyl (C=O) groups excluding carboxylic acids is 1. The summed E-state index contributed by atoms with van der Waals surface area (Å²) < 4.78 is 5.60. The average molecular weight is 324 g/mol. The third kappa shape index (κ3) is 3.37. The number of nitrogens with one attached hydrogen (secondary N) is 1. The van der Waals surface area contributed by atoms with E-state index in [4.69, 9.17) is 4.74 Å². The Morgan fingerprint density at radius 3 is 2.79 bits per heavy atom. The van der Waals surface area contributed by atoms with Gasteiger partial charge < -0.3 is 15.0 Å².